The van der Waals surface area contributed by atoms with Gasteiger partial charge < -0.3 is 15.4 Å². The van der Waals surface area contributed by atoms with Gasteiger partial charge in [0, 0.05) is 30.6 Å². The van der Waals surface area contributed by atoms with Crippen molar-refractivity contribution in [3.63, 3.8) is 0 Å². The van der Waals surface area contributed by atoms with Gasteiger partial charge in [0.1, 0.15) is 5.75 Å². The fraction of sp³-hybridized carbons (Fsp3) is 0.500. The number of benzene rings is 2. The molecule has 1 saturated carbocycles. The molecule has 2 aromatic carbocycles. The number of carbonyl (C=O) groups excluding carboxylic acids is 1. The fourth-order valence-corrected chi connectivity index (χ4v) is 4.82. The highest BCUT2D eigenvalue weighted by molar-refractivity contribution is 5.79. The highest BCUT2D eigenvalue weighted by Crippen LogP contribution is 2.39. The third-order valence-electron chi connectivity index (χ3n) is 6.69. The summed E-state index contributed by atoms with van der Waals surface area (Å²) in [7, 11) is 1.59. The smallest absolute Gasteiger partial charge is 0.416 e. The lowest BCUT2D eigenvalue weighted by Crippen LogP contribution is -2.34. The third kappa shape index (κ3) is 6.93. The molecule has 0 bridgehead atoms. The number of carbonyl (C=O) groups is 1. The van der Waals surface area contributed by atoms with E-state index in [0.717, 1.165) is 17.7 Å². The molecule has 2 unspecified atom stereocenters. The van der Waals surface area contributed by atoms with Gasteiger partial charge in [0.05, 0.1) is 18.2 Å². The van der Waals surface area contributed by atoms with Gasteiger partial charge >= 0.3 is 12.4 Å². The zero-order valence-electron chi connectivity index (χ0n) is 20.3. The summed E-state index contributed by atoms with van der Waals surface area (Å²) in [5.74, 6) is 0.156. The van der Waals surface area contributed by atoms with Crippen LogP contribution < -0.4 is 15.4 Å². The molecule has 0 heterocycles. The summed E-state index contributed by atoms with van der Waals surface area (Å²) >= 11 is 0. The van der Waals surface area contributed by atoms with Crippen LogP contribution in [0.25, 0.3) is 0 Å². The maximum Gasteiger partial charge on any atom is 0.416 e. The predicted octanol–water partition coefficient (Wildman–Crippen LogP) is 6.19. The highest BCUT2D eigenvalue weighted by Gasteiger charge is 2.40. The number of halogens is 6. The number of nitrogens with one attached hydrogen (secondary N) is 2. The molecular formula is C26H30F6N2O2. The molecule has 0 radical (unpaired) electrons. The third-order valence-corrected chi connectivity index (χ3v) is 6.69. The van der Waals surface area contributed by atoms with E-state index in [1.54, 1.807) is 7.11 Å². The maximum atomic E-state index is 13.1. The summed E-state index contributed by atoms with van der Waals surface area (Å²) < 4.78 is 84.2. The Morgan fingerprint density at radius 2 is 1.58 bits per heavy atom. The minimum atomic E-state index is -4.94. The largest absolute Gasteiger partial charge is 0.496 e. The lowest BCUT2D eigenvalue weighted by molar-refractivity contribution is -0.143. The van der Waals surface area contributed by atoms with E-state index in [9.17, 15) is 31.1 Å². The second-order valence-corrected chi connectivity index (χ2v) is 9.51. The van der Waals surface area contributed by atoms with E-state index in [4.69, 9.17) is 4.74 Å². The minimum Gasteiger partial charge on any atom is -0.496 e. The molecule has 1 fully saturated rings. The van der Waals surface area contributed by atoms with Crippen molar-refractivity contribution in [2.24, 2.45) is 17.8 Å². The number of amides is 1. The van der Waals surface area contributed by atoms with Crippen LogP contribution in [0.4, 0.5) is 26.3 Å². The number of alkyl halides is 6. The van der Waals surface area contributed by atoms with Crippen LogP contribution >= 0.6 is 0 Å². The van der Waals surface area contributed by atoms with E-state index in [0.29, 0.717) is 25.1 Å². The molecule has 36 heavy (non-hydrogen) atoms. The molecule has 3 rings (SSSR count). The van der Waals surface area contributed by atoms with Crippen molar-refractivity contribution >= 4 is 5.91 Å². The lowest BCUT2D eigenvalue weighted by atomic mass is 9.85. The Bertz CT molecular complexity index is 1020. The van der Waals surface area contributed by atoms with E-state index in [1.165, 1.54) is 0 Å². The van der Waals surface area contributed by atoms with Crippen LogP contribution in [0.3, 0.4) is 0 Å². The lowest BCUT2D eigenvalue weighted by Gasteiger charge is -2.22. The molecule has 4 nitrogen and oxygen atoms in total. The summed E-state index contributed by atoms with van der Waals surface area (Å²) in [5.41, 5.74) is -2.08. The van der Waals surface area contributed by atoms with Gasteiger partial charge in [0.25, 0.3) is 0 Å². The minimum absolute atomic E-state index is 0.0208. The monoisotopic (exact) mass is 516 g/mol. The van der Waals surface area contributed by atoms with Crippen molar-refractivity contribution in [2.75, 3.05) is 7.11 Å². The van der Waals surface area contributed by atoms with Crippen molar-refractivity contribution < 1.29 is 35.9 Å². The maximum absolute atomic E-state index is 13.1. The van der Waals surface area contributed by atoms with Crippen molar-refractivity contribution in [3.05, 3.63) is 64.7 Å². The standard InChI is InChI=1S/C26H30F6N2O2/c1-15(2)21-11-20(33-14-17-6-4-5-7-23(17)36-3)12-22(21)24(35)34-13-16-8-18(25(27,28)29)10-19(9-16)26(30,31)32/h4-10,15,20-22,33H,11-14H2,1-3H3,(H,34,35)/t20-,21?,22?/m1/s1. The molecular weight excluding hydrogens is 486 g/mol. The summed E-state index contributed by atoms with van der Waals surface area (Å²) in [5, 5.41) is 6.03. The quantitative estimate of drug-likeness (QED) is 0.412. The second-order valence-electron chi connectivity index (χ2n) is 9.51. The number of rotatable bonds is 8. The van der Waals surface area contributed by atoms with Crippen molar-refractivity contribution in [1.82, 2.24) is 10.6 Å². The Hall–Kier alpha value is -2.75. The van der Waals surface area contributed by atoms with E-state index in [2.05, 4.69) is 10.6 Å². The van der Waals surface area contributed by atoms with Crippen molar-refractivity contribution in [1.29, 1.82) is 0 Å². The van der Waals surface area contributed by atoms with Gasteiger partial charge in [-0.25, -0.2) is 0 Å². The first kappa shape index (κ1) is 27.8. The Morgan fingerprint density at radius 3 is 2.14 bits per heavy atom. The number of ether oxygens (including phenoxy) is 1. The van der Waals surface area contributed by atoms with Crippen molar-refractivity contribution in [2.45, 2.75) is 58.2 Å². The second kappa shape index (κ2) is 11.1. The van der Waals surface area contributed by atoms with Gasteiger partial charge in [-0.1, -0.05) is 32.0 Å². The van der Waals surface area contributed by atoms with Gasteiger partial charge in [-0.15, -0.1) is 0 Å². The Balaban J connectivity index is 1.69. The fourth-order valence-electron chi connectivity index (χ4n) is 4.82. The Labute approximate surface area is 206 Å². The van der Waals surface area contributed by atoms with Gasteiger partial charge in [-0.2, -0.15) is 26.3 Å². The van der Waals surface area contributed by atoms with E-state index >= 15 is 0 Å². The van der Waals surface area contributed by atoms with E-state index in [1.807, 2.05) is 38.1 Å². The molecule has 0 saturated heterocycles. The summed E-state index contributed by atoms with van der Waals surface area (Å²) in [4.78, 5) is 13.0. The molecule has 198 valence electrons. The molecule has 2 aromatic rings. The number of hydrogen-bond acceptors (Lipinski definition) is 3. The van der Waals surface area contributed by atoms with E-state index in [-0.39, 0.29) is 35.4 Å². The average molecular weight is 517 g/mol. The van der Waals surface area contributed by atoms with Crippen LogP contribution in [-0.4, -0.2) is 19.1 Å². The number of methoxy groups -OCH3 is 1. The molecule has 2 N–H and O–H groups in total. The van der Waals surface area contributed by atoms with Crippen LogP contribution in [0.5, 0.6) is 5.75 Å². The summed E-state index contributed by atoms with van der Waals surface area (Å²) in [6, 6.07) is 8.96. The molecule has 0 aliphatic heterocycles. The van der Waals surface area contributed by atoms with Crippen molar-refractivity contribution in [3.8, 4) is 5.75 Å². The zero-order chi connectivity index (χ0) is 26.7. The predicted molar refractivity (Wildman–Crippen MR) is 123 cm³/mol. The number of hydrogen-bond donors (Lipinski definition) is 2. The normalized spacial score (nSPS) is 20.6. The molecule has 10 heteroatoms. The SMILES string of the molecule is COc1ccccc1CN[C@H]1CC(C(=O)NCc2cc(C(F)(F)F)cc(C(F)(F)F)c2)C(C(C)C)C1. The van der Waals surface area contributed by atoms with Crippen LogP contribution in [-0.2, 0) is 30.2 Å². The molecule has 1 aliphatic rings. The van der Waals surface area contributed by atoms with Crippen LogP contribution in [0.15, 0.2) is 42.5 Å². The van der Waals surface area contributed by atoms with Crippen LogP contribution in [0.2, 0.25) is 0 Å². The summed E-state index contributed by atoms with van der Waals surface area (Å²) in [6.07, 6.45) is -8.63. The first-order valence-corrected chi connectivity index (χ1v) is 11.7. The topological polar surface area (TPSA) is 50.4 Å². The molecule has 3 atom stereocenters. The van der Waals surface area contributed by atoms with Gasteiger partial charge in [0.15, 0.2) is 0 Å². The zero-order valence-corrected chi connectivity index (χ0v) is 20.3. The highest BCUT2D eigenvalue weighted by atomic mass is 19.4. The Morgan fingerprint density at radius 1 is 0.972 bits per heavy atom. The van der Waals surface area contributed by atoms with Gasteiger partial charge in [0.2, 0.25) is 5.91 Å². The number of para-hydroxylation sites is 1. The van der Waals surface area contributed by atoms with E-state index < -0.39 is 35.9 Å². The molecule has 0 spiro atoms. The average Bonchev–Trinajstić information content (AvgIpc) is 3.25. The molecule has 1 aliphatic carbocycles. The molecule has 1 amide bonds. The molecule has 0 aromatic heterocycles. The van der Waals surface area contributed by atoms with Crippen LogP contribution in [0, 0.1) is 17.8 Å². The summed E-state index contributed by atoms with van der Waals surface area (Å²) in [6.45, 7) is 4.11. The first-order chi connectivity index (χ1) is 16.8. The Kier molecular flexibility index (Phi) is 8.59. The first-order valence-electron chi connectivity index (χ1n) is 11.7. The van der Waals surface area contributed by atoms with Crippen LogP contribution in [0.1, 0.15) is 48.9 Å². The van der Waals surface area contributed by atoms with Gasteiger partial charge in [-0.3, -0.25) is 4.79 Å². The van der Waals surface area contributed by atoms with Gasteiger partial charge in [-0.05, 0) is 54.5 Å².